The van der Waals surface area contributed by atoms with Crippen LogP contribution in [-0.4, -0.2) is 36.2 Å². The Bertz CT molecular complexity index is 489. The predicted octanol–water partition coefficient (Wildman–Crippen LogP) is 0.168. The maximum Gasteiger partial charge on any atom is 0.254 e. The Balaban J connectivity index is 2.07. The standard InChI is InChI=1S/C11H11F3N2O2/c12-7-2-1-6(8(13)9(7)14)10(17)16-5-11(18)3-15-4-11/h1-2,15,18H,3-5H2,(H,16,17). The fraction of sp³-hybridized carbons (Fsp3) is 0.364. The topological polar surface area (TPSA) is 61.4 Å². The molecule has 0 atom stereocenters. The van der Waals surface area contributed by atoms with Crippen LogP contribution >= 0.6 is 0 Å². The number of β-amino-alcohol motifs (C(OH)–C–C–N with tert-alkyl or cyclic N) is 1. The zero-order valence-electron chi connectivity index (χ0n) is 9.27. The predicted molar refractivity (Wildman–Crippen MR) is 56.5 cm³/mol. The highest BCUT2D eigenvalue weighted by atomic mass is 19.2. The van der Waals surface area contributed by atoms with E-state index < -0.39 is 34.5 Å². The van der Waals surface area contributed by atoms with Gasteiger partial charge in [0.05, 0.1) is 5.56 Å². The fourth-order valence-electron chi connectivity index (χ4n) is 1.58. The SMILES string of the molecule is O=C(NCC1(O)CNC1)c1ccc(F)c(F)c1F. The zero-order valence-corrected chi connectivity index (χ0v) is 9.27. The van der Waals surface area contributed by atoms with E-state index in [0.717, 1.165) is 6.07 Å². The van der Waals surface area contributed by atoms with Crippen molar-refractivity contribution in [3.05, 3.63) is 35.1 Å². The van der Waals surface area contributed by atoms with Gasteiger partial charge in [0, 0.05) is 19.6 Å². The summed E-state index contributed by atoms with van der Waals surface area (Å²) in [6.07, 6.45) is 0. The average molecular weight is 260 g/mol. The number of halogens is 3. The quantitative estimate of drug-likeness (QED) is 0.679. The van der Waals surface area contributed by atoms with E-state index in [1.807, 2.05) is 0 Å². The smallest absolute Gasteiger partial charge is 0.254 e. The molecule has 0 spiro atoms. The highest BCUT2D eigenvalue weighted by Crippen LogP contribution is 2.15. The molecule has 0 radical (unpaired) electrons. The number of rotatable bonds is 3. The van der Waals surface area contributed by atoms with Crippen molar-refractivity contribution in [2.75, 3.05) is 19.6 Å². The first-order chi connectivity index (χ1) is 8.43. The molecule has 0 saturated carbocycles. The minimum Gasteiger partial charge on any atom is -0.385 e. The van der Waals surface area contributed by atoms with Gasteiger partial charge in [-0.3, -0.25) is 4.79 Å². The summed E-state index contributed by atoms with van der Waals surface area (Å²) in [5.74, 6) is -5.48. The third kappa shape index (κ3) is 2.32. The van der Waals surface area contributed by atoms with E-state index in [1.54, 1.807) is 0 Å². The number of carbonyl (C=O) groups is 1. The van der Waals surface area contributed by atoms with Crippen LogP contribution in [-0.2, 0) is 0 Å². The molecule has 1 fully saturated rings. The highest BCUT2D eigenvalue weighted by molar-refractivity contribution is 5.94. The Hall–Kier alpha value is -1.60. The molecule has 1 aromatic carbocycles. The largest absolute Gasteiger partial charge is 0.385 e. The second-order valence-corrected chi connectivity index (χ2v) is 4.23. The third-order valence-electron chi connectivity index (χ3n) is 2.77. The van der Waals surface area contributed by atoms with Gasteiger partial charge in [0.25, 0.3) is 5.91 Å². The fourth-order valence-corrected chi connectivity index (χ4v) is 1.58. The van der Waals surface area contributed by atoms with Gasteiger partial charge < -0.3 is 15.7 Å². The van der Waals surface area contributed by atoms with Crippen molar-refractivity contribution in [1.29, 1.82) is 0 Å². The lowest BCUT2D eigenvalue weighted by atomic mass is 9.97. The lowest BCUT2D eigenvalue weighted by Crippen LogP contribution is -2.64. The molecular formula is C11H11F3N2O2. The minimum atomic E-state index is -1.69. The van der Waals surface area contributed by atoms with Crippen LogP contribution < -0.4 is 10.6 Å². The number of nitrogens with one attached hydrogen (secondary N) is 2. The number of benzene rings is 1. The van der Waals surface area contributed by atoms with Crippen LogP contribution in [0, 0.1) is 17.5 Å². The Morgan fingerprint density at radius 1 is 1.33 bits per heavy atom. The molecule has 0 bridgehead atoms. The van der Waals surface area contributed by atoms with E-state index in [0.29, 0.717) is 19.2 Å². The van der Waals surface area contributed by atoms with Gasteiger partial charge in [0.2, 0.25) is 0 Å². The number of hydrogen-bond acceptors (Lipinski definition) is 3. The molecule has 7 heteroatoms. The molecule has 0 aliphatic carbocycles. The van der Waals surface area contributed by atoms with Crippen molar-refractivity contribution >= 4 is 5.91 Å². The van der Waals surface area contributed by atoms with Crippen molar-refractivity contribution in [2.24, 2.45) is 0 Å². The molecule has 1 aliphatic heterocycles. The maximum absolute atomic E-state index is 13.3. The molecule has 98 valence electrons. The molecule has 1 aromatic rings. The Kier molecular flexibility index (Phi) is 3.27. The van der Waals surface area contributed by atoms with Gasteiger partial charge in [-0.15, -0.1) is 0 Å². The summed E-state index contributed by atoms with van der Waals surface area (Å²) in [5, 5.41) is 14.7. The van der Waals surface area contributed by atoms with E-state index in [-0.39, 0.29) is 6.54 Å². The lowest BCUT2D eigenvalue weighted by molar-refractivity contribution is -0.00763. The Morgan fingerprint density at radius 2 is 2.00 bits per heavy atom. The number of aliphatic hydroxyl groups is 1. The number of carbonyl (C=O) groups excluding carboxylic acids is 1. The van der Waals surface area contributed by atoms with Crippen LogP contribution in [0.15, 0.2) is 12.1 Å². The Labute approximate surface area is 101 Å². The highest BCUT2D eigenvalue weighted by Gasteiger charge is 2.34. The van der Waals surface area contributed by atoms with Gasteiger partial charge in [-0.1, -0.05) is 0 Å². The molecule has 1 aliphatic rings. The van der Waals surface area contributed by atoms with Gasteiger partial charge in [-0.05, 0) is 12.1 Å². The van der Waals surface area contributed by atoms with E-state index in [2.05, 4.69) is 10.6 Å². The van der Waals surface area contributed by atoms with E-state index in [1.165, 1.54) is 0 Å². The second-order valence-electron chi connectivity index (χ2n) is 4.23. The molecule has 1 heterocycles. The number of hydrogen-bond donors (Lipinski definition) is 3. The Morgan fingerprint density at radius 3 is 2.56 bits per heavy atom. The zero-order chi connectivity index (χ0) is 13.3. The molecule has 1 amide bonds. The summed E-state index contributed by atoms with van der Waals surface area (Å²) < 4.78 is 38.9. The van der Waals surface area contributed by atoms with E-state index >= 15 is 0 Å². The molecule has 4 nitrogen and oxygen atoms in total. The van der Waals surface area contributed by atoms with Crippen molar-refractivity contribution in [2.45, 2.75) is 5.60 Å². The summed E-state index contributed by atoms with van der Waals surface area (Å²) in [7, 11) is 0. The summed E-state index contributed by atoms with van der Waals surface area (Å²) in [5.41, 5.74) is -1.66. The van der Waals surface area contributed by atoms with Gasteiger partial charge in [-0.2, -0.15) is 0 Å². The van der Waals surface area contributed by atoms with Crippen molar-refractivity contribution in [1.82, 2.24) is 10.6 Å². The van der Waals surface area contributed by atoms with Crippen LogP contribution in [0.3, 0.4) is 0 Å². The minimum absolute atomic E-state index is 0.0860. The monoisotopic (exact) mass is 260 g/mol. The first-order valence-electron chi connectivity index (χ1n) is 5.28. The first-order valence-corrected chi connectivity index (χ1v) is 5.28. The van der Waals surface area contributed by atoms with Crippen LogP contribution in [0.1, 0.15) is 10.4 Å². The van der Waals surface area contributed by atoms with Gasteiger partial charge >= 0.3 is 0 Å². The van der Waals surface area contributed by atoms with Gasteiger partial charge in [0.1, 0.15) is 5.60 Å². The molecule has 2 rings (SSSR count). The summed E-state index contributed by atoms with van der Waals surface area (Å²) in [6.45, 7) is 0.540. The normalized spacial score (nSPS) is 17.1. The molecule has 3 N–H and O–H groups in total. The maximum atomic E-state index is 13.3. The first kappa shape index (κ1) is 12.8. The van der Waals surface area contributed by atoms with Gasteiger partial charge in [-0.25, -0.2) is 13.2 Å². The summed E-state index contributed by atoms with van der Waals surface area (Å²) in [6, 6.07) is 1.53. The van der Waals surface area contributed by atoms with E-state index in [4.69, 9.17) is 0 Å². The molecule has 18 heavy (non-hydrogen) atoms. The second kappa shape index (κ2) is 4.58. The molecular weight excluding hydrogens is 249 g/mol. The van der Waals surface area contributed by atoms with Crippen molar-refractivity contribution < 1.29 is 23.1 Å². The molecule has 0 aromatic heterocycles. The average Bonchev–Trinajstić information content (AvgIpc) is 2.31. The number of amides is 1. The van der Waals surface area contributed by atoms with Crippen LogP contribution in [0.2, 0.25) is 0 Å². The molecule has 0 unspecified atom stereocenters. The third-order valence-corrected chi connectivity index (χ3v) is 2.77. The lowest BCUT2D eigenvalue weighted by Gasteiger charge is -2.37. The van der Waals surface area contributed by atoms with Crippen LogP contribution in [0.25, 0.3) is 0 Å². The van der Waals surface area contributed by atoms with Gasteiger partial charge in [0.15, 0.2) is 17.5 Å². The van der Waals surface area contributed by atoms with Crippen LogP contribution in [0.5, 0.6) is 0 Å². The van der Waals surface area contributed by atoms with E-state index in [9.17, 15) is 23.1 Å². The summed E-state index contributed by atoms with van der Waals surface area (Å²) >= 11 is 0. The van der Waals surface area contributed by atoms with Crippen molar-refractivity contribution in [3.8, 4) is 0 Å². The molecule has 1 saturated heterocycles. The van der Waals surface area contributed by atoms with Crippen molar-refractivity contribution in [3.63, 3.8) is 0 Å². The summed E-state index contributed by atoms with van der Waals surface area (Å²) in [4.78, 5) is 11.5. The van der Waals surface area contributed by atoms with Crippen LogP contribution in [0.4, 0.5) is 13.2 Å².